The van der Waals surface area contributed by atoms with Gasteiger partial charge in [0.05, 0.1) is 18.3 Å². The fourth-order valence-corrected chi connectivity index (χ4v) is 8.18. The van der Waals surface area contributed by atoms with Crippen molar-refractivity contribution in [2.24, 2.45) is 46.8 Å². The number of carbonyl (C=O) groups is 1. The standard InChI is InChI=1S/C26H46O5/c1-5-17-8-10-18(27)9-6-16(3)23-21(28)14-26(4)19(15(2)7-13-22(29)30)11-12-20(26)24(23)25(17)31/h15-21,23-25,27-28,31H,5-14H2,1-4H3,(H,29,30)/t15-,16+,17-,18-,19-,20?,21+,23?,24?,25-,26-/m1/s1. The quantitative estimate of drug-likeness (QED) is 0.507. The highest BCUT2D eigenvalue weighted by molar-refractivity contribution is 5.66. The van der Waals surface area contributed by atoms with E-state index in [0.29, 0.717) is 24.2 Å². The molecule has 11 atom stereocenters. The lowest BCUT2D eigenvalue weighted by molar-refractivity contribution is -0.150. The van der Waals surface area contributed by atoms with E-state index in [1.54, 1.807) is 0 Å². The minimum Gasteiger partial charge on any atom is -0.481 e. The molecule has 0 aromatic carbocycles. The van der Waals surface area contributed by atoms with Crippen LogP contribution < -0.4 is 0 Å². The summed E-state index contributed by atoms with van der Waals surface area (Å²) < 4.78 is 0. The highest BCUT2D eigenvalue weighted by Gasteiger charge is 2.60. The first-order valence-corrected chi connectivity index (χ1v) is 12.9. The van der Waals surface area contributed by atoms with Gasteiger partial charge in [-0.2, -0.15) is 0 Å². The van der Waals surface area contributed by atoms with E-state index in [1.165, 1.54) is 0 Å². The van der Waals surface area contributed by atoms with Crippen LogP contribution in [0.15, 0.2) is 0 Å². The second kappa shape index (κ2) is 10.1. The van der Waals surface area contributed by atoms with E-state index in [1.807, 2.05) is 0 Å². The van der Waals surface area contributed by atoms with Gasteiger partial charge in [0, 0.05) is 6.42 Å². The van der Waals surface area contributed by atoms with Crippen molar-refractivity contribution in [2.45, 2.75) is 110 Å². The van der Waals surface area contributed by atoms with Crippen LogP contribution in [0.2, 0.25) is 0 Å². The Kier molecular flexibility index (Phi) is 8.13. The Hall–Kier alpha value is -0.650. The van der Waals surface area contributed by atoms with Gasteiger partial charge in [-0.3, -0.25) is 4.79 Å². The summed E-state index contributed by atoms with van der Waals surface area (Å²) in [7, 11) is 0. The zero-order valence-electron chi connectivity index (χ0n) is 20.0. The number of hydrogen-bond acceptors (Lipinski definition) is 4. The number of hydrogen-bond donors (Lipinski definition) is 4. The van der Waals surface area contributed by atoms with Crippen molar-refractivity contribution in [3.05, 3.63) is 0 Å². The highest BCUT2D eigenvalue weighted by Crippen LogP contribution is 2.63. The molecule has 4 N–H and O–H groups in total. The third-order valence-electron chi connectivity index (χ3n) is 9.87. The zero-order valence-corrected chi connectivity index (χ0v) is 20.0. The van der Waals surface area contributed by atoms with E-state index < -0.39 is 18.2 Å². The van der Waals surface area contributed by atoms with Gasteiger partial charge in [-0.15, -0.1) is 0 Å². The fourth-order valence-electron chi connectivity index (χ4n) is 8.18. The van der Waals surface area contributed by atoms with Gasteiger partial charge in [-0.1, -0.05) is 34.1 Å². The zero-order chi connectivity index (χ0) is 22.9. The molecule has 3 unspecified atom stereocenters. The Labute approximate surface area is 188 Å². The lowest BCUT2D eigenvalue weighted by Crippen LogP contribution is -2.56. The summed E-state index contributed by atoms with van der Waals surface area (Å²) in [6.45, 7) is 8.83. The maximum atomic E-state index is 11.7. The summed E-state index contributed by atoms with van der Waals surface area (Å²) in [5.41, 5.74) is -0.0544. The topological polar surface area (TPSA) is 98.0 Å². The smallest absolute Gasteiger partial charge is 0.303 e. The van der Waals surface area contributed by atoms with Crippen LogP contribution in [0.4, 0.5) is 0 Å². The second-order valence-corrected chi connectivity index (χ2v) is 11.6. The average molecular weight is 439 g/mol. The van der Waals surface area contributed by atoms with E-state index in [9.17, 15) is 20.1 Å². The van der Waals surface area contributed by atoms with Crippen LogP contribution in [0.25, 0.3) is 0 Å². The van der Waals surface area contributed by atoms with Crippen LogP contribution >= 0.6 is 0 Å². The number of rotatable bonds is 5. The molecule has 0 heterocycles. The summed E-state index contributed by atoms with van der Waals surface area (Å²) in [5.74, 6) is 0.918. The fraction of sp³-hybridized carbons (Fsp3) is 0.962. The molecule has 0 amide bonds. The third-order valence-corrected chi connectivity index (χ3v) is 9.87. The van der Waals surface area contributed by atoms with Crippen LogP contribution in [0.5, 0.6) is 0 Å². The Bertz CT molecular complexity index is 609. The average Bonchev–Trinajstić information content (AvgIpc) is 3.05. The normalized spacial score (nSPS) is 47.3. The molecule has 0 aromatic heterocycles. The van der Waals surface area contributed by atoms with Gasteiger partial charge >= 0.3 is 5.97 Å². The summed E-state index contributed by atoms with van der Waals surface area (Å²) >= 11 is 0. The molecule has 5 heteroatoms. The molecular formula is C26H46O5. The van der Waals surface area contributed by atoms with Crippen LogP contribution in [-0.4, -0.2) is 44.7 Å². The first-order valence-electron chi connectivity index (χ1n) is 12.9. The van der Waals surface area contributed by atoms with Gasteiger partial charge in [0.15, 0.2) is 0 Å². The molecule has 0 aromatic rings. The predicted molar refractivity (Wildman–Crippen MR) is 121 cm³/mol. The molecule has 0 bridgehead atoms. The van der Waals surface area contributed by atoms with Crippen molar-refractivity contribution < 1.29 is 25.2 Å². The minimum atomic E-state index is -0.736. The number of carboxylic acids is 1. The summed E-state index contributed by atoms with van der Waals surface area (Å²) in [6, 6.07) is 0. The molecule has 3 aliphatic carbocycles. The Morgan fingerprint density at radius 2 is 1.71 bits per heavy atom. The summed E-state index contributed by atoms with van der Waals surface area (Å²) in [4.78, 5) is 11.1. The molecule has 0 saturated heterocycles. The van der Waals surface area contributed by atoms with Crippen molar-refractivity contribution >= 4 is 5.97 Å². The van der Waals surface area contributed by atoms with E-state index in [4.69, 9.17) is 5.11 Å². The molecular weight excluding hydrogens is 392 g/mol. The second-order valence-electron chi connectivity index (χ2n) is 11.6. The van der Waals surface area contributed by atoms with Crippen LogP contribution in [0.1, 0.15) is 91.9 Å². The lowest BCUT2D eigenvalue weighted by atomic mass is 9.51. The van der Waals surface area contributed by atoms with Crippen molar-refractivity contribution in [1.82, 2.24) is 0 Å². The van der Waals surface area contributed by atoms with Gasteiger partial charge in [0.2, 0.25) is 0 Å². The van der Waals surface area contributed by atoms with Crippen LogP contribution in [0.3, 0.4) is 0 Å². The first-order chi connectivity index (χ1) is 14.6. The monoisotopic (exact) mass is 438 g/mol. The Morgan fingerprint density at radius 1 is 1.03 bits per heavy atom. The molecule has 3 aliphatic rings. The molecule has 0 spiro atoms. The first kappa shape index (κ1) is 25.0. The maximum Gasteiger partial charge on any atom is 0.303 e. The van der Waals surface area contributed by atoms with Crippen molar-refractivity contribution in [2.75, 3.05) is 0 Å². The number of fused-ring (bicyclic) bond motifs is 3. The number of aliphatic hydroxyl groups is 3. The van der Waals surface area contributed by atoms with Crippen molar-refractivity contribution in [3.8, 4) is 0 Å². The minimum absolute atomic E-state index is 0.0544. The summed E-state index contributed by atoms with van der Waals surface area (Å²) in [6.07, 6.45) is 6.71. The SMILES string of the molecule is CC[C@@H]1CC[C@H](O)CC[C@H](C)C2C(C3CC[C@H]([C@H](C)CCC(=O)O)[C@@]3(C)C[C@@H]2O)[C@@H]1O. The Morgan fingerprint density at radius 3 is 2.35 bits per heavy atom. The molecule has 3 rings (SSSR count). The number of carboxylic acid groups (broad SMARTS) is 1. The molecule has 0 aliphatic heterocycles. The van der Waals surface area contributed by atoms with Gasteiger partial charge in [0.25, 0.3) is 0 Å². The molecule has 3 fully saturated rings. The Balaban J connectivity index is 1.91. The molecule has 0 radical (unpaired) electrons. The van der Waals surface area contributed by atoms with Crippen molar-refractivity contribution in [1.29, 1.82) is 0 Å². The number of aliphatic hydroxyl groups excluding tert-OH is 3. The van der Waals surface area contributed by atoms with Gasteiger partial charge in [-0.25, -0.2) is 0 Å². The van der Waals surface area contributed by atoms with E-state index in [2.05, 4.69) is 27.7 Å². The predicted octanol–water partition coefficient (Wildman–Crippen LogP) is 4.47. The maximum absolute atomic E-state index is 11.7. The summed E-state index contributed by atoms with van der Waals surface area (Å²) in [5, 5.41) is 42.7. The van der Waals surface area contributed by atoms with E-state index in [0.717, 1.165) is 51.4 Å². The van der Waals surface area contributed by atoms with Crippen LogP contribution in [-0.2, 0) is 4.79 Å². The molecule has 3 saturated carbocycles. The van der Waals surface area contributed by atoms with Crippen molar-refractivity contribution in [3.63, 3.8) is 0 Å². The van der Waals surface area contributed by atoms with E-state index in [-0.39, 0.29) is 41.6 Å². The van der Waals surface area contributed by atoms with Gasteiger partial charge in [0.1, 0.15) is 0 Å². The highest BCUT2D eigenvalue weighted by atomic mass is 16.4. The number of aliphatic carboxylic acids is 1. The van der Waals surface area contributed by atoms with Gasteiger partial charge < -0.3 is 20.4 Å². The molecule has 5 nitrogen and oxygen atoms in total. The largest absolute Gasteiger partial charge is 0.481 e. The molecule has 180 valence electrons. The molecule has 31 heavy (non-hydrogen) atoms. The van der Waals surface area contributed by atoms with E-state index >= 15 is 0 Å². The third kappa shape index (κ3) is 4.99. The lowest BCUT2D eigenvalue weighted by Gasteiger charge is -2.55. The van der Waals surface area contributed by atoms with Crippen LogP contribution in [0, 0.1) is 46.8 Å². The van der Waals surface area contributed by atoms with Gasteiger partial charge in [-0.05, 0) is 98.2 Å².